The highest BCUT2D eigenvalue weighted by atomic mass is 28.5. The molecule has 0 spiro atoms. The lowest BCUT2D eigenvalue weighted by atomic mass is 10.5. The molecule has 0 aromatic heterocycles. The van der Waals surface area contributed by atoms with Crippen LogP contribution in [0.5, 0.6) is 0 Å². The van der Waals surface area contributed by atoms with Crippen molar-refractivity contribution in [2.75, 3.05) is 19.8 Å². The minimum Gasteiger partial charge on any atom is -0.416 e. The van der Waals surface area contributed by atoms with E-state index in [0.29, 0.717) is 19.3 Å². The SMILES string of the molecule is C[Si]1(C)O[Si](C)(C)O[Si](C)(C)O[Si](C)(CCCOCC2CO2)O[Si](C)(C)O1. The van der Waals surface area contributed by atoms with E-state index in [2.05, 4.69) is 58.9 Å². The van der Waals surface area contributed by atoms with Gasteiger partial charge < -0.3 is 30.0 Å². The van der Waals surface area contributed by atoms with Gasteiger partial charge in [-0.25, -0.2) is 0 Å². The van der Waals surface area contributed by atoms with Crippen molar-refractivity contribution >= 4 is 42.8 Å². The fraction of sp³-hybridized carbons (Fsp3) is 1.00. The molecule has 7 nitrogen and oxygen atoms in total. The quantitative estimate of drug-likeness (QED) is 0.332. The second-order valence-electron chi connectivity index (χ2n) is 9.38. The molecule has 2 aliphatic rings. The average Bonchev–Trinajstić information content (AvgIpc) is 3.14. The first kappa shape index (κ1) is 24.1. The normalized spacial score (nSPS) is 31.2. The monoisotopic (exact) mass is 470 g/mol. The molecule has 0 amide bonds. The van der Waals surface area contributed by atoms with Gasteiger partial charge in [0.15, 0.2) is 0 Å². The van der Waals surface area contributed by atoms with Crippen LogP contribution in [0, 0.1) is 0 Å². The first-order chi connectivity index (χ1) is 12.1. The van der Waals surface area contributed by atoms with E-state index in [9.17, 15) is 0 Å². The molecule has 0 aromatic carbocycles. The maximum absolute atomic E-state index is 6.66. The van der Waals surface area contributed by atoms with Crippen LogP contribution in [0.2, 0.25) is 65.0 Å². The van der Waals surface area contributed by atoms with E-state index < -0.39 is 42.8 Å². The smallest absolute Gasteiger partial charge is 0.317 e. The lowest BCUT2D eigenvalue weighted by molar-refractivity contribution is 0.115. The standard InChI is InChI=1S/C15H38O7Si5/c1-23(2)18-24(3,4)20-26(7,8)22-27(9,21-25(5,6)19-23)12-10-11-16-13-15-14-17-15/h15H,10-14H2,1-9H3. The predicted molar refractivity (Wildman–Crippen MR) is 117 cm³/mol. The Bertz CT molecular complexity index is 481. The zero-order valence-electron chi connectivity index (χ0n) is 18.5. The predicted octanol–water partition coefficient (Wildman–Crippen LogP) is 3.77. The summed E-state index contributed by atoms with van der Waals surface area (Å²) in [6.45, 7) is 21.1. The molecule has 12 heteroatoms. The largest absolute Gasteiger partial charge is 0.416 e. The molecule has 0 aromatic rings. The molecule has 27 heavy (non-hydrogen) atoms. The Labute approximate surface area is 170 Å². The van der Waals surface area contributed by atoms with Crippen molar-refractivity contribution in [2.24, 2.45) is 0 Å². The van der Waals surface area contributed by atoms with E-state index in [0.717, 1.165) is 19.1 Å². The summed E-state index contributed by atoms with van der Waals surface area (Å²) < 4.78 is 43.6. The Balaban J connectivity index is 2.10. The average molecular weight is 471 g/mol. The van der Waals surface area contributed by atoms with Gasteiger partial charge in [0.05, 0.1) is 13.2 Å². The Morgan fingerprint density at radius 2 is 1.11 bits per heavy atom. The summed E-state index contributed by atoms with van der Waals surface area (Å²) in [6.07, 6.45) is 1.21. The van der Waals surface area contributed by atoms with Gasteiger partial charge in [-0.2, -0.15) is 0 Å². The topological polar surface area (TPSA) is 67.9 Å². The molecule has 2 saturated heterocycles. The number of hydrogen-bond donors (Lipinski definition) is 0. The van der Waals surface area contributed by atoms with Gasteiger partial charge >= 0.3 is 42.8 Å². The van der Waals surface area contributed by atoms with Gasteiger partial charge in [0.1, 0.15) is 6.10 Å². The number of ether oxygens (including phenoxy) is 2. The summed E-state index contributed by atoms with van der Waals surface area (Å²) in [5.74, 6) is 0. The minimum atomic E-state index is -2.48. The van der Waals surface area contributed by atoms with Crippen molar-refractivity contribution in [3.05, 3.63) is 0 Å². The summed E-state index contributed by atoms with van der Waals surface area (Å²) in [5, 5.41) is 0. The van der Waals surface area contributed by atoms with Crippen molar-refractivity contribution in [1.82, 2.24) is 0 Å². The molecule has 2 rings (SSSR count). The summed E-state index contributed by atoms with van der Waals surface area (Å²) in [4.78, 5) is 0. The van der Waals surface area contributed by atoms with Crippen LogP contribution in [0.4, 0.5) is 0 Å². The van der Waals surface area contributed by atoms with Crippen LogP contribution < -0.4 is 0 Å². The summed E-state index contributed by atoms with van der Waals surface area (Å²) in [5.41, 5.74) is 0. The van der Waals surface area contributed by atoms with Crippen molar-refractivity contribution in [3.63, 3.8) is 0 Å². The van der Waals surface area contributed by atoms with Gasteiger partial charge in [0.25, 0.3) is 0 Å². The zero-order valence-corrected chi connectivity index (χ0v) is 23.5. The van der Waals surface area contributed by atoms with Gasteiger partial charge in [-0.3, -0.25) is 0 Å². The highest BCUT2D eigenvalue weighted by Crippen LogP contribution is 2.32. The lowest BCUT2D eigenvalue weighted by Crippen LogP contribution is -2.64. The van der Waals surface area contributed by atoms with Crippen LogP contribution in [0.25, 0.3) is 0 Å². The summed E-state index contributed by atoms with van der Waals surface area (Å²) in [6, 6.07) is 0.864. The number of rotatable bonds is 6. The van der Waals surface area contributed by atoms with E-state index in [-0.39, 0.29) is 0 Å². The van der Waals surface area contributed by atoms with Crippen molar-refractivity contribution in [3.8, 4) is 0 Å². The molecule has 1 atom stereocenters. The minimum absolute atomic E-state index is 0.304. The summed E-state index contributed by atoms with van der Waals surface area (Å²) >= 11 is 0. The Morgan fingerprint density at radius 3 is 1.52 bits per heavy atom. The van der Waals surface area contributed by atoms with E-state index in [1.165, 1.54) is 0 Å². The molecular formula is C15H38O7Si5. The third kappa shape index (κ3) is 9.00. The second-order valence-corrected chi connectivity index (χ2v) is 27.4. The number of hydrogen-bond acceptors (Lipinski definition) is 7. The Morgan fingerprint density at radius 1 is 0.704 bits per heavy atom. The molecule has 2 heterocycles. The molecule has 0 aliphatic carbocycles. The molecule has 0 radical (unpaired) electrons. The molecule has 1 unspecified atom stereocenters. The van der Waals surface area contributed by atoms with Crippen molar-refractivity contribution < 1.29 is 30.0 Å². The van der Waals surface area contributed by atoms with Crippen LogP contribution in [0.1, 0.15) is 6.42 Å². The third-order valence-corrected chi connectivity index (χ3v) is 24.5. The van der Waals surface area contributed by atoms with E-state index in [1.807, 2.05) is 0 Å². The van der Waals surface area contributed by atoms with Crippen LogP contribution in [0.3, 0.4) is 0 Å². The molecule has 160 valence electrons. The second kappa shape index (κ2) is 8.51. The van der Waals surface area contributed by atoms with Crippen molar-refractivity contribution in [1.29, 1.82) is 0 Å². The molecule has 0 bridgehead atoms. The van der Waals surface area contributed by atoms with E-state index in [1.54, 1.807) is 0 Å². The van der Waals surface area contributed by atoms with Gasteiger partial charge in [-0.05, 0) is 71.4 Å². The molecule has 2 fully saturated rings. The van der Waals surface area contributed by atoms with Crippen LogP contribution >= 0.6 is 0 Å². The fourth-order valence-corrected chi connectivity index (χ4v) is 30.7. The fourth-order valence-electron chi connectivity index (χ4n) is 3.90. The molecule has 0 N–H and O–H groups in total. The van der Waals surface area contributed by atoms with Crippen molar-refractivity contribution in [2.45, 2.75) is 77.5 Å². The third-order valence-electron chi connectivity index (χ3n) is 4.02. The van der Waals surface area contributed by atoms with Gasteiger partial charge in [-0.1, -0.05) is 0 Å². The van der Waals surface area contributed by atoms with E-state index in [4.69, 9.17) is 30.0 Å². The Kier molecular flexibility index (Phi) is 7.59. The molecule has 0 saturated carbocycles. The van der Waals surface area contributed by atoms with Gasteiger partial charge in [-0.15, -0.1) is 0 Å². The van der Waals surface area contributed by atoms with Crippen LogP contribution in [0.15, 0.2) is 0 Å². The van der Waals surface area contributed by atoms with Gasteiger partial charge in [0, 0.05) is 6.61 Å². The van der Waals surface area contributed by atoms with Gasteiger partial charge in [0.2, 0.25) is 0 Å². The highest BCUT2D eigenvalue weighted by Gasteiger charge is 2.52. The van der Waals surface area contributed by atoms with E-state index >= 15 is 0 Å². The maximum atomic E-state index is 6.66. The highest BCUT2D eigenvalue weighted by molar-refractivity contribution is 6.93. The number of epoxide rings is 1. The Hall–Kier alpha value is 0.804. The molecule has 2 aliphatic heterocycles. The lowest BCUT2D eigenvalue weighted by Gasteiger charge is -2.47. The van der Waals surface area contributed by atoms with Crippen LogP contribution in [-0.4, -0.2) is 68.7 Å². The van der Waals surface area contributed by atoms with Crippen LogP contribution in [-0.2, 0) is 30.0 Å². The maximum Gasteiger partial charge on any atom is 0.317 e. The summed E-state index contributed by atoms with van der Waals surface area (Å²) in [7, 11) is -12.0. The zero-order chi connectivity index (χ0) is 20.6. The first-order valence-electron chi connectivity index (χ1n) is 9.81. The first-order valence-corrected chi connectivity index (χ1v) is 23.6. The molecular weight excluding hydrogens is 433 g/mol.